The average Bonchev–Trinajstić information content (AvgIpc) is 2.59. The van der Waals surface area contributed by atoms with Crippen molar-refractivity contribution in [2.45, 2.75) is 60.4 Å². The number of likely N-dealkylation sites (N-methyl/N-ethyl adjacent to an activating group) is 1. The summed E-state index contributed by atoms with van der Waals surface area (Å²) in [5, 5.41) is 0. The smallest absolute Gasteiger partial charge is 0.152 e. The van der Waals surface area contributed by atoms with Gasteiger partial charge in [0.1, 0.15) is 0 Å². The molecule has 0 fully saturated rings. The molecule has 0 amide bonds. The number of Topliss-reactive ketones (excluding diaryl/α,β-unsaturated/α-hetero) is 1. The number of aryl methyl sites for hydroxylation is 2. The van der Waals surface area contributed by atoms with E-state index < -0.39 is 0 Å². The number of nitrogens with zero attached hydrogens (tertiary/aromatic N) is 2. The highest BCUT2D eigenvalue weighted by Gasteiger charge is 2.38. The van der Waals surface area contributed by atoms with Crippen LogP contribution in [0.2, 0.25) is 0 Å². The lowest BCUT2D eigenvalue weighted by Crippen LogP contribution is -2.47. The van der Waals surface area contributed by atoms with Gasteiger partial charge in [-0.25, -0.2) is 0 Å². The first-order valence-corrected chi connectivity index (χ1v) is 11.1. The zero-order valence-corrected chi connectivity index (χ0v) is 20.3. The Balaban J connectivity index is 2.39. The maximum atomic E-state index is 13.0. The van der Waals surface area contributed by atoms with Crippen LogP contribution in [0.3, 0.4) is 0 Å². The molecule has 1 aromatic carbocycles. The van der Waals surface area contributed by atoms with Crippen molar-refractivity contribution >= 4 is 11.5 Å². The van der Waals surface area contributed by atoms with E-state index in [1.807, 2.05) is 13.8 Å². The summed E-state index contributed by atoms with van der Waals surface area (Å²) >= 11 is 0. The van der Waals surface area contributed by atoms with Gasteiger partial charge in [-0.3, -0.25) is 9.69 Å². The molecule has 0 saturated heterocycles. The minimum Gasteiger partial charge on any atom is -0.377 e. The van der Waals surface area contributed by atoms with Crippen LogP contribution in [0.1, 0.15) is 50.8 Å². The van der Waals surface area contributed by atoms with E-state index in [-0.39, 0.29) is 12.0 Å². The molecule has 3 nitrogen and oxygen atoms in total. The Bertz CT molecular complexity index is 760. The van der Waals surface area contributed by atoms with E-state index in [9.17, 15) is 4.79 Å². The minimum absolute atomic E-state index is 0.00992. The highest BCUT2D eigenvalue weighted by Crippen LogP contribution is 2.40. The third kappa shape index (κ3) is 5.31. The largest absolute Gasteiger partial charge is 0.377 e. The van der Waals surface area contributed by atoms with Gasteiger partial charge >= 0.3 is 0 Å². The summed E-state index contributed by atoms with van der Waals surface area (Å²) in [6, 6.07) is 4.59. The quantitative estimate of drug-likeness (QED) is 0.583. The standard InChI is InChI=1S/C26H42N2O/c1-16(2)26(29)25(28(9)10)23-15-21(18(4)13-20(23)6)14-22-19(5)11-17(3)12-24(22)27(7)8/h11-13,16,20-21,23,25H,14-15H2,1-10H3. The van der Waals surface area contributed by atoms with E-state index in [1.165, 1.54) is 28.0 Å². The van der Waals surface area contributed by atoms with Gasteiger partial charge in [0.05, 0.1) is 6.04 Å². The number of benzene rings is 1. The van der Waals surface area contributed by atoms with Gasteiger partial charge in [0, 0.05) is 25.7 Å². The molecule has 2 rings (SSSR count). The summed E-state index contributed by atoms with van der Waals surface area (Å²) in [6.45, 7) is 13.0. The number of hydrogen-bond acceptors (Lipinski definition) is 3. The van der Waals surface area contributed by atoms with Gasteiger partial charge in [0.25, 0.3) is 0 Å². The molecule has 0 bridgehead atoms. The number of ketones is 1. The first-order chi connectivity index (χ1) is 13.4. The molecule has 3 heteroatoms. The SMILES string of the molecule is CC1=CC(C)C(C(C(=O)C(C)C)N(C)C)CC1Cc1c(C)cc(C)cc1N(C)C. The Hall–Kier alpha value is -1.61. The highest BCUT2D eigenvalue weighted by molar-refractivity contribution is 5.86. The van der Waals surface area contributed by atoms with Crippen molar-refractivity contribution in [3.05, 3.63) is 40.5 Å². The Morgan fingerprint density at radius 3 is 2.24 bits per heavy atom. The van der Waals surface area contributed by atoms with Crippen molar-refractivity contribution < 1.29 is 4.79 Å². The third-order valence-corrected chi connectivity index (χ3v) is 6.75. The Morgan fingerprint density at radius 1 is 1.10 bits per heavy atom. The van der Waals surface area contributed by atoms with Crippen molar-refractivity contribution in [1.82, 2.24) is 4.90 Å². The lowest BCUT2D eigenvalue weighted by molar-refractivity contribution is -0.129. The summed E-state index contributed by atoms with van der Waals surface area (Å²) in [4.78, 5) is 17.4. The van der Waals surface area contributed by atoms with Gasteiger partial charge in [-0.1, -0.05) is 38.5 Å². The van der Waals surface area contributed by atoms with Crippen molar-refractivity contribution in [2.75, 3.05) is 33.1 Å². The average molecular weight is 399 g/mol. The lowest BCUT2D eigenvalue weighted by atomic mass is 9.69. The predicted molar refractivity (Wildman–Crippen MR) is 126 cm³/mol. The number of carbonyl (C=O) groups is 1. The molecular formula is C26H42N2O. The second-order valence-corrected chi connectivity index (χ2v) is 10.0. The van der Waals surface area contributed by atoms with Gasteiger partial charge in [-0.2, -0.15) is 0 Å². The molecule has 1 aliphatic carbocycles. The maximum Gasteiger partial charge on any atom is 0.152 e. The zero-order valence-electron chi connectivity index (χ0n) is 20.3. The van der Waals surface area contributed by atoms with E-state index in [4.69, 9.17) is 0 Å². The van der Waals surface area contributed by atoms with Crippen LogP contribution in [0.4, 0.5) is 5.69 Å². The maximum absolute atomic E-state index is 13.0. The van der Waals surface area contributed by atoms with Crippen molar-refractivity contribution in [3.63, 3.8) is 0 Å². The summed E-state index contributed by atoms with van der Waals surface area (Å²) in [5.74, 6) is 1.72. The molecule has 0 N–H and O–H groups in total. The summed E-state index contributed by atoms with van der Waals surface area (Å²) in [5.41, 5.74) is 6.94. The van der Waals surface area contributed by atoms with Crippen molar-refractivity contribution in [1.29, 1.82) is 0 Å². The molecule has 4 atom stereocenters. The number of carbonyl (C=O) groups excluding carboxylic acids is 1. The summed E-state index contributed by atoms with van der Waals surface area (Å²) < 4.78 is 0. The molecule has 1 aromatic rings. The molecule has 4 unspecified atom stereocenters. The van der Waals surface area contributed by atoms with Crippen LogP contribution < -0.4 is 4.90 Å². The molecule has 0 radical (unpaired) electrons. The molecule has 162 valence electrons. The Morgan fingerprint density at radius 2 is 1.72 bits per heavy atom. The fourth-order valence-electron chi connectivity index (χ4n) is 5.14. The second kappa shape index (κ2) is 9.47. The van der Waals surface area contributed by atoms with Crippen molar-refractivity contribution in [3.8, 4) is 0 Å². The molecular weight excluding hydrogens is 356 g/mol. The van der Waals surface area contributed by atoms with E-state index in [2.05, 4.69) is 83.9 Å². The predicted octanol–water partition coefficient (Wildman–Crippen LogP) is 5.29. The summed E-state index contributed by atoms with van der Waals surface area (Å²) in [7, 11) is 8.39. The van der Waals surface area contributed by atoms with Crippen LogP contribution in [0, 0.1) is 37.5 Å². The van der Waals surface area contributed by atoms with Gasteiger partial charge in [-0.15, -0.1) is 0 Å². The molecule has 0 aromatic heterocycles. The first kappa shape index (κ1) is 23.7. The molecule has 0 aliphatic heterocycles. The van der Waals surface area contributed by atoms with E-state index in [0.29, 0.717) is 23.5 Å². The van der Waals surface area contributed by atoms with Gasteiger partial charge in [0.2, 0.25) is 0 Å². The van der Waals surface area contributed by atoms with Gasteiger partial charge < -0.3 is 4.90 Å². The highest BCUT2D eigenvalue weighted by atomic mass is 16.1. The topological polar surface area (TPSA) is 23.6 Å². The number of anilines is 1. The lowest BCUT2D eigenvalue weighted by Gasteiger charge is -2.41. The third-order valence-electron chi connectivity index (χ3n) is 6.75. The fourth-order valence-corrected chi connectivity index (χ4v) is 5.14. The molecule has 0 heterocycles. The molecule has 0 saturated carbocycles. The molecule has 29 heavy (non-hydrogen) atoms. The van der Waals surface area contributed by atoms with E-state index in [1.54, 1.807) is 0 Å². The molecule has 1 aliphatic rings. The summed E-state index contributed by atoms with van der Waals surface area (Å²) in [6.07, 6.45) is 4.55. The zero-order chi connectivity index (χ0) is 22.0. The number of allylic oxidation sites excluding steroid dienone is 2. The number of rotatable bonds is 7. The fraction of sp³-hybridized carbons (Fsp3) is 0.654. The van der Waals surface area contributed by atoms with Gasteiger partial charge in [-0.05, 0) is 88.2 Å². The Labute approximate surface area is 179 Å². The van der Waals surface area contributed by atoms with Crippen LogP contribution in [-0.4, -0.2) is 44.9 Å². The second-order valence-electron chi connectivity index (χ2n) is 10.0. The van der Waals surface area contributed by atoms with Crippen molar-refractivity contribution in [2.24, 2.45) is 23.7 Å². The normalized spacial score (nSPS) is 23.3. The van der Waals surface area contributed by atoms with Crippen LogP contribution >= 0.6 is 0 Å². The van der Waals surface area contributed by atoms with Crippen LogP contribution in [0.15, 0.2) is 23.8 Å². The Kier molecular flexibility index (Phi) is 7.73. The molecule has 0 spiro atoms. The minimum atomic E-state index is -0.00992. The van der Waals surface area contributed by atoms with E-state index >= 15 is 0 Å². The van der Waals surface area contributed by atoms with Crippen LogP contribution in [0.5, 0.6) is 0 Å². The first-order valence-electron chi connectivity index (χ1n) is 11.1. The van der Waals surface area contributed by atoms with Crippen LogP contribution in [0.25, 0.3) is 0 Å². The van der Waals surface area contributed by atoms with E-state index in [0.717, 1.165) is 12.8 Å². The number of hydrogen-bond donors (Lipinski definition) is 0. The van der Waals surface area contributed by atoms with Crippen LogP contribution in [-0.2, 0) is 11.2 Å². The monoisotopic (exact) mass is 398 g/mol. The van der Waals surface area contributed by atoms with Gasteiger partial charge in [0.15, 0.2) is 5.78 Å².